The van der Waals surface area contributed by atoms with Crippen LogP contribution in [0.2, 0.25) is 0 Å². The SMILES string of the molecule is CN1CCN(C=O)CC1.O=C(O)C(F)(F)F. The van der Waals surface area contributed by atoms with Crippen molar-refractivity contribution in [2.75, 3.05) is 33.2 Å². The minimum Gasteiger partial charge on any atom is -0.475 e. The van der Waals surface area contributed by atoms with Gasteiger partial charge in [-0.1, -0.05) is 0 Å². The van der Waals surface area contributed by atoms with Crippen molar-refractivity contribution in [2.24, 2.45) is 0 Å². The molecular formula is C8H13F3N2O3. The molecular weight excluding hydrogens is 229 g/mol. The predicted molar refractivity (Wildman–Crippen MR) is 48.8 cm³/mol. The minimum absolute atomic E-state index is 0.889. The van der Waals surface area contributed by atoms with Crippen LogP contribution in [0.4, 0.5) is 13.2 Å². The van der Waals surface area contributed by atoms with Crippen molar-refractivity contribution >= 4 is 12.4 Å². The molecule has 8 heteroatoms. The lowest BCUT2D eigenvalue weighted by atomic mass is 10.4. The van der Waals surface area contributed by atoms with Gasteiger partial charge in [0.1, 0.15) is 0 Å². The molecule has 1 saturated heterocycles. The van der Waals surface area contributed by atoms with E-state index < -0.39 is 12.1 Å². The Morgan fingerprint density at radius 1 is 1.25 bits per heavy atom. The molecule has 5 nitrogen and oxygen atoms in total. The molecule has 1 aliphatic heterocycles. The molecule has 16 heavy (non-hydrogen) atoms. The van der Waals surface area contributed by atoms with Crippen LogP contribution >= 0.6 is 0 Å². The third kappa shape index (κ3) is 6.23. The maximum Gasteiger partial charge on any atom is 0.490 e. The average Bonchev–Trinajstić information content (AvgIpc) is 2.18. The quantitative estimate of drug-likeness (QED) is 0.659. The first-order chi connectivity index (χ1) is 7.27. The number of carbonyl (C=O) groups is 2. The van der Waals surface area contributed by atoms with Gasteiger partial charge < -0.3 is 14.9 Å². The summed E-state index contributed by atoms with van der Waals surface area (Å²) in [7, 11) is 2.07. The van der Waals surface area contributed by atoms with Crippen LogP contribution in [0.15, 0.2) is 0 Å². The number of hydrogen-bond donors (Lipinski definition) is 1. The Morgan fingerprint density at radius 2 is 1.62 bits per heavy atom. The number of nitrogens with zero attached hydrogens (tertiary/aromatic N) is 2. The monoisotopic (exact) mass is 242 g/mol. The van der Waals surface area contributed by atoms with E-state index in [1.807, 2.05) is 0 Å². The van der Waals surface area contributed by atoms with Crippen molar-refractivity contribution < 1.29 is 27.9 Å². The van der Waals surface area contributed by atoms with E-state index in [0.717, 1.165) is 32.6 Å². The second-order valence-corrected chi connectivity index (χ2v) is 3.25. The van der Waals surface area contributed by atoms with Crippen molar-refractivity contribution in [1.82, 2.24) is 9.80 Å². The zero-order valence-electron chi connectivity index (χ0n) is 8.70. The van der Waals surface area contributed by atoms with Gasteiger partial charge in [-0.3, -0.25) is 4.79 Å². The molecule has 1 fully saturated rings. The number of carbonyl (C=O) groups excluding carboxylic acids is 1. The Labute approximate surface area is 90.4 Å². The number of aliphatic carboxylic acids is 1. The lowest BCUT2D eigenvalue weighted by Gasteiger charge is -2.29. The Kier molecular flexibility index (Phi) is 5.79. The number of carboxylic acid groups (broad SMARTS) is 1. The van der Waals surface area contributed by atoms with E-state index in [9.17, 15) is 18.0 Å². The summed E-state index contributed by atoms with van der Waals surface area (Å²) >= 11 is 0. The molecule has 94 valence electrons. The first-order valence-electron chi connectivity index (χ1n) is 4.45. The Bertz CT molecular complexity index is 237. The molecule has 0 bridgehead atoms. The molecule has 0 aromatic rings. The van der Waals surface area contributed by atoms with Crippen molar-refractivity contribution in [1.29, 1.82) is 0 Å². The number of hydrogen-bond acceptors (Lipinski definition) is 3. The van der Waals surface area contributed by atoms with Gasteiger partial charge in [-0.2, -0.15) is 13.2 Å². The van der Waals surface area contributed by atoms with Gasteiger partial charge in [-0.15, -0.1) is 0 Å². The van der Waals surface area contributed by atoms with E-state index in [1.165, 1.54) is 0 Å². The van der Waals surface area contributed by atoms with Gasteiger partial charge in [-0.25, -0.2) is 4.79 Å². The standard InChI is InChI=1S/C6H12N2O.C2HF3O2/c1-7-2-4-8(6-9)5-3-7;3-2(4,5)1(6)7/h6H,2-5H2,1H3;(H,6,7). The van der Waals surface area contributed by atoms with Gasteiger partial charge in [0.2, 0.25) is 6.41 Å². The second kappa shape index (κ2) is 6.31. The molecule has 0 spiro atoms. The van der Waals surface area contributed by atoms with Gasteiger partial charge in [0.05, 0.1) is 0 Å². The van der Waals surface area contributed by atoms with Gasteiger partial charge in [0, 0.05) is 26.2 Å². The zero-order chi connectivity index (χ0) is 12.8. The third-order valence-corrected chi connectivity index (χ3v) is 1.93. The van der Waals surface area contributed by atoms with Crippen molar-refractivity contribution in [3.05, 3.63) is 0 Å². The molecule has 0 aliphatic carbocycles. The average molecular weight is 242 g/mol. The van der Waals surface area contributed by atoms with Gasteiger partial charge >= 0.3 is 12.1 Å². The maximum absolute atomic E-state index is 10.6. The zero-order valence-corrected chi connectivity index (χ0v) is 8.70. The lowest BCUT2D eigenvalue weighted by Crippen LogP contribution is -2.43. The summed E-state index contributed by atoms with van der Waals surface area (Å²) in [6.07, 6.45) is -4.16. The largest absolute Gasteiger partial charge is 0.490 e. The fourth-order valence-electron chi connectivity index (χ4n) is 0.927. The molecule has 0 atom stereocenters. The summed E-state index contributed by atoms with van der Waals surface area (Å²) in [5.74, 6) is -2.76. The van der Waals surface area contributed by atoms with Crippen molar-refractivity contribution in [2.45, 2.75) is 6.18 Å². The van der Waals surface area contributed by atoms with E-state index in [4.69, 9.17) is 9.90 Å². The molecule has 0 aromatic heterocycles. The first kappa shape index (κ1) is 14.7. The highest BCUT2D eigenvalue weighted by atomic mass is 19.4. The van der Waals surface area contributed by atoms with Crippen LogP contribution in [0.1, 0.15) is 0 Å². The summed E-state index contributed by atoms with van der Waals surface area (Å²) in [6, 6.07) is 0. The van der Waals surface area contributed by atoms with Crippen LogP contribution in [0, 0.1) is 0 Å². The Morgan fingerprint density at radius 3 is 1.88 bits per heavy atom. The number of amides is 1. The van der Waals surface area contributed by atoms with E-state index in [2.05, 4.69) is 11.9 Å². The molecule has 0 saturated carbocycles. The fourth-order valence-corrected chi connectivity index (χ4v) is 0.927. The van der Waals surface area contributed by atoms with Crippen molar-refractivity contribution in [3.8, 4) is 0 Å². The second-order valence-electron chi connectivity index (χ2n) is 3.25. The number of halogens is 3. The molecule has 0 aromatic carbocycles. The molecule has 1 N–H and O–H groups in total. The number of likely N-dealkylation sites (N-methyl/N-ethyl adjacent to an activating group) is 1. The summed E-state index contributed by atoms with van der Waals surface area (Å²) in [5.41, 5.74) is 0. The number of piperazine rings is 1. The van der Waals surface area contributed by atoms with Gasteiger partial charge in [-0.05, 0) is 7.05 Å². The van der Waals surface area contributed by atoms with Crippen LogP contribution < -0.4 is 0 Å². The normalized spacial score (nSPS) is 17.4. The lowest BCUT2D eigenvalue weighted by molar-refractivity contribution is -0.192. The van der Waals surface area contributed by atoms with Crippen LogP contribution in [0.5, 0.6) is 0 Å². The molecule has 1 aliphatic rings. The number of carboxylic acids is 1. The van der Waals surface area contributed by atoms with E-state index >= 15 is 0 Å². The molecule has 1 amide bonds. The van der Waals surface area contributed by atoms with Crippen LogP contribution in [-0.2, 0) is 9.59 Å². The summed E-state index contributed by atoms with van der Waals surface area (Å²) in [4.78, 5) is 23.1. The minimum atomic E-state index is -5.08. The first-order valence-corrected chi connectivity index (χ1v) is 4.45. The predicted octanol–water partition coefficient (Wildman–Crippen LogP) is 0.0235. The number of rotatable bonds is 1. The summed E-state index contributed by atoms with van der Waals surface area (Å²) in [6.45, 7) is 3.80. The van der Waals surface area contributed by atoms with E-state index in [-0.39, 0.29) is 0 Å². The van der Waals surface area contributed by atoms with Gasteiger partial charge in [0.15, 0.2) is 0 Å². The topological polar surface area (TPSA) is 60.9 Å². The Balaban J connectivity index is 0.000000293. The summed E-state index contributed by atoms with van der Waals surface area (Å²) in [5, 5.41) is 7.12. The molecule has 1 heterocycles. The van der Waals surface area contributed by atoms with Crippen LogP contribution in [0.3, 0.4) is 0 Å². The molecule has 0 radical (unpaired) electrons. The summed E-state index contributed by atoms with van der Waals surface area (Å²) < 4.78 is 31.7. The van der Waals surface area contributed by atoms with E-state index in [1.54, 1.807) is 4.90 Å². The molecule has 0 unspecified atom stereocenters. The Hall–Kier alpha value is -1.31. The van der Waals surface area contributed by atoms with E-state index in [0.29, 0.717) is 0 Å². The van der Waals surface area contributed by atoms with Crippen LogP contribution in [0.25, 0.3) is 0 Å². The fraction of sp³-hybridized carbons (Fsp3) is 0.750. The highest BCUT2D eigenvalue weighted by molar-refractivity contribution is 5.73. The number of alkyl halides is 3. The molecule has 1 rings (SSSR count). The van der Waals surface area contributed by atoms with Crippen LogP contribution in [-0.4, -0.2) is 66.7 Å². The third-order valence-electron chi connectivity index (χ3n) is 1.93. The highest BCUT2D eigenvalue weighted by Gasteiger charge is 2.38. The maximum atomic E-state index is 10.6. The van der Waals surface area contributed by atoms with Crippen molar-refractivity contribution in [3.63, 3.8) is 0 Å². The highest BCUT2D eigenvalue weighted by Crippen LogP contribution is 2.13. The smallest absolute Gasteiger partial charge is 0.475 e. The van der Waals surface area contributed by atoms with Gasteiger partial charge in [0.25, 0.3) is 0 Å².